The molecule has 0 N–H and O–H groups in total. The second-order valence-corrected chi connectivity index (χ2v) is 6.83. The van der Waals surface area contributed by atoms with Gasteiger partial charge in [0.1, 0.15) is 5.82 Å². The zero-order valence-electron chi connectivity index (χ0n) is 15.0. The van der Waals surface area contributed by atoms with E-state index in [0.717, 1.165) is 49.0 Å². The third-order valence-electron chi connectivity index (χ3n) is 4.41. The van der Waals surface area contributed by atoms with Crippen molar-refractivity contribution in [3.05, 3.63) is 47.6 Å². The Hall–Kier alpha value is -2.37. The Labute approximate surface area is 143 Å². The maximum atomic E-state index is 4.53. The van der Waals surface area contributed by atoms with E-state index in [1.165, 1.54) is 5.57 Å². The highest BCUT2D eigenvalue weighted by atomic mass is 15.4. The summed E-state index contributed by atoms with van der Waals surface area (Å²) in [6.45, 7) is 13.1. The summed E-state index contributed by atoms with van der Waals surface area (Å²) in [4.78, 5) is 2.31. The van der Waals surface area contributed by atoms with Crippen molar-refractivity contribution in [3.8, 4) is 0 Å². The predicted octanol–water partition coefficient (Wildman–Crippen LogP) is 2.90. The van der Waals surface area contributed by atoms with E-state index in [4.69, 9.17) is 0 Å². The molecule has 0 spiro atoms. The summed E-state index contributed by atoms with van der Waals surface area (Å²) in [6.07, 6.45) is 7.30. The van der Waals surface area contributed by atoms with E-state index in [0.29, 0.717) is 0 Å². The maximum absolute atomic E-state index is 4.53. The van der Waals surface area contributed by atoms with Crippen molar-refractivity contribution in [1.29, 1.82) is 0 Å². The molecule has 6 heteroatoms. The zero-order chi connectivity index (χ0) is 17.3. The summed E-state index contributed by atoms with van der Waals surface area (Å²) in [5.41, 5.74) is 3.63. The molecule has 2 aromatic rings. The number of aryl methyl sites for hydroxylation is 1. The van der Waals surface area contributed by atoms with E-state index < -0.39 is 0 Å². The van der Waals surface area contributed by atoms with Crippen LogP contribution in [0.2, 0.25) is 0 Å². The van der Waals surface area contributed by atoms with E-state index in [1.807, 2.05) is 31.0 Å². The zero-order valence-corrected chi connectivity index (χ0v) is 15.0. The third kappa shape index (κ3) is 3.27. The second kappa shape index (κ2) is 6.63. The maximum Gasteiger partial charge on any atom is 0.227 e. The number of hydrogen-bond donors (Lipinski definition) is 0. The molecule has 0 bridgehead atoms. The van der Waals surface area contributed by atoms with Gasteiger partial charge < -0.3 is 4.90 Å². The molecule has 6 nitrogen and oxygen atoms in total. The van der Waals surface area contributed by atoms with Crippen LogP contribution in [0.25, 0.3) is 0 Å². The molecule has 0 aliphatic carbocycles. The molecule has 1 unspecified atom stereocenters. The van der Waals surface area contributed by atoms with Gasteiger partial charge in [-0.05, 0) is 20.3 Å². The van der Waals surface area contributed by atoms with Gasteiger partial charge in [0.25, 0.3) is 0 Å². The molecule has 2 aromatic heterocycles. The average molecular weight is 326 g/mol. The van der Waals surface area contributed by atoms with E-state index in [1.54, 1.807) is 0 Å². The normalized spacial score (nSPS) is 16.2. The Morgan fingerprint density at radius 1 is 1.38 bits per heavy atom. The molecule has 1 aliphatic rings. The molecule has 1 atom stereocenters. The summed E-state index contributed by atoms with van der Waals surface area (Å²) >= 11 is 0. The van der Waals surface area contributed by atoms with Crippen molar-refractivity contribution in [2.45, 2.75) is 39.7 Å². The smallest absolute Gasteiger partial charge is 0.227 e. The molecule has 0 radical (unpaired) electrons. The van der Waals surface area contributed by atoms with E-state index in [-0.39, 0.29) is 5.92 Å². The van der Waals surface area contributed by atoms with Crippen molar-refractivity contribution in [2.75, 3.05) is 18.0 Å². The van der Waals surface area contributed by atoms with Gasteiger partial charge in [0, 0.05) is 44.4 Å². The van der Waals surface area contributed by atoms with Gasteiger partial charge in [-0.25, -0.2) is 0 Å². The molecule has 3 rings (SSSR count). The van der Waals surface area contributed by atoms with E-state index >= 15 is 0 Å². The van der Waals surface area contributed by atoms with Crippen LogP contribution in [-0.4, -0.2) is 37.6 Å². The van der Waals surface area contributed by atoms with Crippen molar-refractivity contribution in [1.82, 2.24) is 24.5 Å². The molecule has 0 aromatic carbocycles. The molecule has 0 amide bonds. The van der Waals surface area contributed by atoms with Crippen LogP contribution in [0.5, 0.6) is 0 Å². The predicted molar refractivity (Wildman–Crippen MR) is 96.1 cm³/mol. The number of hydrogen-bond acceptors (Lipinski definition) is 4. The molecule has 3 heterocycles. The number of anilines is 1. The van der Waals surface area contributed by atoms with Gasteiger partial charge in [-0.1, -0.05) is 30.7 Å². The lowest BCUT2D eigenvalue weighted by atomic mass is 10.0. The van der Waals surface area contributed by atoms with E-state index in [2.05, 4.69) is 51.3 Å². The van der Waals surface area contributed by atoms with Crippen molar-refractivity contribution >= 4 is 5.95 Å². The topological polar surface area (TPSA) is 51.8 Å². The van der Waals surface area contributed by atoms with Crippen LogP contribution in [0.4, 0.5) is 5.95 Å². The van der Waals surface area contributed by atoms with Crippen LogP contribution >= 0.6 is 0 Å². The first-order valence-corrected chi connectivity index (χ1v) is 8.42. The summed E-state index contributed by atoms with van der Waals surface area (Å²) in [5.74, 6) is 2.05. The highest BCUT2D eigenvalue weighted by Crippen LogP contribution is 2.27. The van der Waals surface area contributed by atoms with Crippen LogP contribution in [0.1, 0.15) is 44.5 Å². The molecule has 128 valence electrons. The third-order valence-corrected chi connectivity index (χ3v) is 4.41. The molecule has 0 saturated heterocycles. The average Bonchev–Trinajstić information content (AvgIpc) is 3.13. The van der Waals surface area contributed by atoms with Crippen molar-refractivity contribution in [2.24, 2.45) is 7.05 Å². The number of allylic oxidation sites excluding steroid dienone is 1. The Morgan fingerprint density at radius 3 is 2.79 bits per heavy atom. The van der Waals surface area contributed by atoms with Gasteiger partial charge in [-0.3, -0.25) is 9.25 Å². The Bertz CT molecular complexity index is 766. The Morgan fingerprint density at radius 2 is 2.17 bits per heavy atom. The minimum absolute atomic E-state index is 0.140. The van der Waals surface area contributed by atoms with Crippen LogP contribution in [-0.2, 0) is 13.6 Å². The van der Waals surface area contributed by atoms with Crippen LogP contribution < -0.4 is 4.90 Å². The first-order chi connectivity index (χ1) is 11.5. The lowest BCUT2D eigenvalue weighted by Crippen LogP contribution is -2.32. The Kier molecular flexibility index (Phi) is 4.55. The largest absolute Gasteiger partial charge is 0.337 e. The van der Waals surface area contributed by atoms with Crippen molar-refractivity contribution < 1.29 is 0 Å². The fraction of sp³-hybridized carbons (Fsp3) is 0.500. The lowest BCUT2D eigenvalue weighted by Gasteiger charge is -2.28. The van der Waals surface area contributed by atoms with Gasteiger partial charge in [-0.2, -0.15) is 5.10 Å². The summed E-state index contributed by atoms with van der Waals surface area (Å²) in [7, 11) is 1.93. The lowest BCUT2D eigenvalue weighted by molar-refractivity contribution is 0.658. The van der Waals surface area contributed by atoms with Gasteiger partial charge in [0.2, 0.25) is 5.95 Å². The molecule has 24 heavy (non-hydrogen) atoms. The second-order valence-electron chi connectivity index (χ2n) is 6.83. The van der Waals surface area contributed by atoms with Crippen LogP contribution in [0.3, 0.4) is 0 Å². The summed E-state index contributed by atoms with van der Waals surface area (Å²) < 4.78 is 4.03. The molecule has 0 saturated carbocycles. The summed E-state index contributed by atoms with van der Waals surface area (Å²) in [5, 5.41) is 13.3. The minimum atomic E-state index is 0.140. The fourth-order valence-electron chi connectivity index (χ4n) is 3.18. The highest BCUT2D eigenvalue weighted by molar-refractivity contribution is 5.38. The van der Waals surface area contributed by atoms with Crippen LogP contribution in [0.15, 0.2) is 36.2 Å². The molecular weight excluding hydrogens is 300 g/mol. The molecule has 1 aliphatic heterocycles. The number of aromatic nitrogens is 5. The van der Waals surface area contributed by atoms with Gasteiger partial charge in [0.15, 0.2) is 0 Å². The highest BCUT2D eigenvalue weighted by Gasteiger charge is 2.24. The molecule has 0 fully saturated rings. The Balaban J connectivity index is 1.97. The number of rotatable bonds is 5. The quantitative estimate of drug-likeness (QED) is 0.793. The van der Waals surface area contributed by atoms with Gasteiger partial charge in [0.05, 0.1) is 6.20 Å². The number of nitrogens with zero attached hydrogens (tertiary/aromatic N) is 6. The molecular formula is C18H26N6. The van der Waals surface area contributed by atoms with Gasteiger partial charge in [-0.15, -0.1) is 10.2 Å². The minimum Gasteiger partial charge on any atom is -0.337 e. The van der Waals surface area contributed by atoms with E-state index in [9.17, 15) is 0 Å². The van der Waals surface area contributed by atoms with Crippen LogP contribution in [0, 0.1) is 0 Å². The van der Waals surface area contributed by atoms with Gasteiger partial charge >= 0.3 is 0 Å². The SMILES string of the molecule is C=C(C)Cn1c(C(C)c2cnn(C)c2)nnc1N1CCC=C(C)C1. The fourth-order valence-corrected chi connectivity index (χ4v) is 3.18. The first-order valence-electron chi connectivity index (χ1n) is 8.42. The monoisotopic (exact) mass is 326 g/mol. The van der Waals surface area contributed by atoms with Crippen molar-refractivity contribution in [3.63, 3.8) is 0 Å². The first kappa shape index (κ1) is 16.5. The summed E-state index contributed by atoms with van der Waals surface area (Å²) in [6, 6.07) is 0. The standard InChI is InChI=1S/C18H26N6/c1-13(2)10-24-17(15(4)16-9-19-22(5)12-16)20-21-18(24)23-8-6-7-14(3)11-23/h7,9,12,15H,1,6,8,10-11H2,2-5H3.